The molecule has 0 atom stereocenters. The molecule has 20 heavy (non-hydrogen) atoms. The molecule has 0 aliphatic carbocycles. The van der Waals surface area contributed by atoms with Crippen LogP contribution in [-0.2, 0) is 0 Å². The SMILES string of the molecule is O=c1[nH]c(-c2ccsc2)nc(O)c1-c1ccc(Br)cc1. The van der Waals surface area contributed by atoms with Crippen molar-refractivity contribution in [1.29, 1.82) is 0 Å². The number of hydrogen-bond acceptors (Lipinski definition) is 4. The minimum Gasteiger partial charge on any atom is -0.493 e. The summed E-state index contributed by atoms with van der Waals surface area (Å²) in [5, 5.41) is 13.8. The van der Waals surface area contributed by atoms with Crippen LogP contribution in [0.4, 0.5) is 0 Å². The highest BCUT2D eigenvalue weighted by Gasteiger charge is 2.13. The van der Waals surface area contributed by atoms with Crippen molar-refractivity contribution in [1.82, 2.24) is 9.97 Å². The van der Waals surface area contributed by atoms with E-state index in [1.165, 1.54) is 11.3 Å². The van der Waals surface area contributed by atoms with E-state index in [4.69, 9.17) is 0 Å². The van der Waals surface area contributed by atoms with E-state index in [1.54, 1.807) is 24.3 Å². The highest BCUT2D eigenvalue weighted by atomic mass is 79.9. The quantitative estimate of drug-likeness (QED) is 0.742. The van der Waals surface area contributed by atoms with Crippen LogP contribution in [0, 0.1) is 0 Å². The minimum absolute atomic E-state index is 0.177. The van der Waals surface area contributed by atoms with Gasteiger partial charge in [0.2, 0.25) is 5.88 Å². The lowest BCUT2D eigenvalue weighted by atomic mass is 10.1. The van der Waals surface area contributed by atoms with E-state index in [0.29, 0.717) is 11.4 Å². The Morgan fingerprint density at radius 3 is 2.50 bits per heavy atom. The highest BCUT2D eigenvalue weighted by molar-refractivity contribution is 9.10. The van der Waals surface area contributed by atoms with Crippen molar-refractivity contribution < 1.29 is 5.11 Å². The third kappa shape index (κ3) is 2.39. The van der Waals surface area contributed by atoms with Gasteiger partial charge in [-0.05, 0) is 29.1 Å². The molecule has 0 unspecified atom stereocenters. The van der Waals surface area contributed by atoms with Gasteiger partial charge in [0.25, 0.3) is 5.56 Å². The molecule has 3 aromatic rings. The summed E-state index contributed by atoms with van der Waals surface area (Å²) in [7, 11) is 0. The van der Waals surface area contributed by atoms with Gasteiger partial charge in [-0.2, -0.15) is 16.3 Å². The second-order valence-electron chi connectivity index (χ2n) is 4.13. The van der Waals surface area contributed by atoms with Gasteiger partial charge in [0.1, 0.15) is 11.4 Å². The van der Waals surface area contributed by atoms with Gasteiger partial charge in [-0.25, -0.2) is 0 Å². The first-order valence-corrected chi connectivity index (χ1v) is 7.50. The number of aromatic hydroxyl groups is 1. The van der Waals surface area contributed by atoms with E-state index >= 15 is 0 Å². The fourth-order valence-corrected chi connectivity index (χ4v) is 2.78. The van der Waals surface area contributed by atoms with Crippen LogP contribution in [0.15, 0.2) is 50.4 Å². The second kappa shape index (κ2) is 5.22. The number of aromatic amines is 1. The molecule has 0 radical (unpaired) electrons. The van der Waals surface area contributed by atoms with E-state index in [1.807, 2.05) is 16.8 Å². The summed E-state index contributed by atoms with van der Waals surface area (Å²) in [6.45, 7) is 0. The first kappa shape index (κ1) is 13.1. The smallest absolute Gasteiger partial charge is 0.262 e. The van der Waals surface area contributed by atoms with Crippen molar-refractivity contribution >= 4 is 27.3 Å². The van der Waals surface area contributed by atoms with Crippen molar-refractivity contribution in [3.63, 3.8) is 0 Å². The molecule has 0 amide bonds. The van der Waals surface area contributed by atoms with Gasteiger partial charge in [-0.3, -0.25) is 4.79 Å². The van der Waals surface area contributed by atoms with Gasteiger partial charge in [-0.1, -0.05) is 28.1 Å². The summed E-state index contributed by atoms with van der Waals surface area (Å²) < 4.78 is 0.903. The average Bonchev–Trinajstić information content (AvgIpc) is 2.94. The Hall–Kier alpha value is -1.92. The van der Waals surface area contributed by atoms with Gasteiger partial charge in [-0.15, -0.1) is 0 Å². The van der Waals surface area contributed by atoms with Gasteiger partial charge in [0, 0.05) is 15.4 Å². The highest BCUT2D eigenvalue weighted by Crippen LogP contribution is 2.27. The van der Waals surface area contributed by atoms with Crippen LogP contribution >= 0.6 is 27.3 Å². The van der Waals surface area contributed by atoms with E-state index in [9.17, 15) is 9.90 Å². The summed E-state index contributed by atoms with van der Waals surface area (Å²) in [6.07, 6.45) is 0. The third-order valence-electron chi connectivity index (χ3n) is 2.83. The zero-order valence-corrected chi connectivity index (χ0v) is 12.5. The molecule has 0 spiro atoms. The molecule has 0 saturated heterocycles. The number of nitrogens with one attached hydrogen (secondary N) is 1. The molecule has 100 valence electrons. The molecule has 0 bridgehead atoms. The van der Waals surface area contributed by atoms with Crippen molar-refractivity contribution in [2.45, 2.75) is 0 Å². The number of aromatic nitrogens is 2. The summed E-state index contributed by atoms with van der Waals surface area (Å²) >= 11 is 4.83. The van der Waals surface area contributed by atoms with Gasteiger partial charge in [0.05, 0.1) is 0 Å². The van der Waals surface area contributed by atoms with Crippen LogP contribution in [-0.4, -0.2) is 15.1 Å². The van der Waals surface area contributed by atoms with Crippen LogP contribution in [0.3, 0.4) is 0 Å². The molecule has 2 N–H and O–H groups in total. The van der Waals surface area contributed by atoms with E-state index in [2.05, 4.69) is 25.9 Å². The molecule has 0 saturated carbocycles. The zero-order chi connectivity index (χ0) is 14.1. The topological polar surface area (TPSA) is 66.0 Å². The Bertz CT molecular complexity index is 795. The first-order chi connectivity index (χ1) is 9.65. The standard InChI is InChI=1S/C14H9BrN2O2S/c15-10-3-1-8(2-4-10)11-13(18)16-12(17-14(11)19)9-5-6-20-7-9/h1-7H,(H2,16,17,18,19). The summed E-state index contributed by atoms with van der Waals surface area (Å²) in [5.41, 5.74) is 1.22. The lowest BCUT2D eigenvalue weighted by Crippen LogP contribution is -2.11. The van der Waals surface area contributed by atoms with Gasteiger partial charge in [0.15, 0.2) is 0 Å². The van der Waals surface area contributed by atoms with Crippen molar-refractivity contribution in [3.8, 4) is 28.4 Å². The number of hydrogen-bond donors (Lipinski definition) is 2. The predicted molar refractivity (Wildman–Crippen MR) is 83.0 cm³/mol. The summed E-state index contributed by atoms with van der Waals surface area (Å²) in [6, 6.07) is 8.95. The third-order valence-corrected chi connectivity index (χ3v) is 4.04. The Labute approximate surface area is 126 Å². The molecule has 4 nitrogen and oxygen atoms in total. The van der Waals surface area contributed by atoms with Crippen LogP contribution in [0.2, 0.25) is 0 Å². The minimum atomic E-state index is -0.360. The summed E-state index contributed by atoms with van der Waals surface area (Å²) in [5.74, 6) is 0.104. The second-order valence-corrected chi connectivity index (χ2v) is 5.83. The molecule has 0 aliphatic heterocycles. The van der Waals surface area contributed by atoms with E-state index < -0.39 is 0 Å². The fourth-order valence-electron chi connectivity index (χ4n) is 1.87. The molecule has 1 aromatic carbocycles. The maximum Gasteiger partial charge on any atom is 0.262 e. The van der Waals surface area contributed by atoms with Crippen LogP contribution in [0.5, 0.6) is 5.88 Å². The maximum absolute atomic E-state index is 12.2. The zero-order valence-electron chi connectivity index (χ0n) is 10.1. The number of nitrogens with zero attached hydrogens (tertiary/aromatic N) is 1. The Balaban J connectivity index is 2.14. The van der Waals surface area contributed by atoms with Crippen LogP contribution in [0.25, 0.3) is 22.5 Å². The number of thiophene rings is 1. The number of rotatable bonds is 2. The molecule has 3 rings (SSSR count). The Morgan fingerprint density at radius 1 is 1.15 bits per heavy atom. The molecule has 0 fully saturated rings. The Kier molecular flexibility index (Phi) is 3.42. The summed E-state index contributed by atoms with van der Waals surface area (Å²) in [4.78, 5) is 18.9. The first-order valence-electron chi connectivity index (χ1n) is 5.77. The molecule has 0 aliphatic rings. The van der Waals surface area contributed by atoms with Crippen molar-refractivity contribution in [2.75, 3.05) is 0 Å². The maximum atomic E-state index is 12.2. The molecule has 6 heteroatoms. The number of H-pyrrole nitrogens is 1. The normalized spacial score (nSPS) is 10.7. The van der Waals surface area contributed by atoms with E-state index in [0.717, 1.165) is 10.0 Å². The van der Waals surface area contributed by atoms with Crippen LogP contribution in [0.1, 0.15) is 0 Å². The monoisotopic (exact) mass is 348 g/mol. The fraction of sp³-hybridized carbons (Fsp3) is 0. The number of halogens is 1. The van der Waals surface area contributed by atoms with Crippen molar-refractivity contribution in [3.05, 3.63) is 55.9 Å². The van der Waals surface area contributed by atoms with Gasteiger partial charge < -0.3 is 10.1 Å². The largest absolute Gasteiger partial charge is 0.493 e. The lowest BCUT2D eigenvalue weighted by Gasteiger charge is -2.05. The lowest BCUT2D eigenvalue weighted by molar-refractivity contribution is 0.454. The molecule has 2 aromatic heterocycles. The van der Waals surface area contributed by atoms with Crippen molar-refractivity contribution in [2.24, 2.45) is 0 Å². The average molecular weight is 349 g/mol. The molecule has 2 heterocycles. The molecular formula is C14H9BrN2O2S. The van der Waals surface area contributed by atoms with Gasteiger partial charge >= 0.3 is 0 Å². The Morgan fingerprint density at radius 2 is 1.90 bits per heavy atom. The number of benzene rings is 1. The predicted octanol–water partition coefficient (Wildman–Crippen LogP) is 3.63. The van der Waals surface area contributed by atoms with E-state index in [-0.39, 0.29) is 17.0 Å². The molecular weight excluding hydrogens is 340 g/mol. The van der Waals surface area contributed by atoms with Crippen LogP contribution < -0.4 is 5.56 Å².